The van der Waals surface area contributed by atoms with Crippen molar-refractivity contribution in [3.63, 3.8) is 0 Å². The molecule has 0 spiro atoms. The third kappa shape index (κ3) is 7.60. The molecule has 0 aliphatic heterocycles. The monoisotopic (exact) mass is 368 g/mol. The van der Waals surface area contributed by atoms with E-state index in [1.54, 1.807) is 0 Å². The fraction of sp³-hybridized carbons (Fsp3) is 0.500. The topological polar surface area (TPSA) is 84.7 Å². The molecular formula is C18H29FN4O3. The molecule has 0 unspecified atom stereocenters. The molecule has 8 heteroatoms. The zero-order chi connectivity index (χ0) is 18.7. The van der Waals surface area contributed by atoms with Gasteiger partial charge in [-0.25, -0.2) is 9.78 Å². The van der Waals surface area contributed by atoms with Gasteiger partial charge in [0.1, 0.15) is 5.65 Å². The first-order valence-electron chi connectivity index (χ1n) is 8.31. The van der Waals surface area contributed by atoms with E-state index in [4.69, 9.17) is 0 Å². The molecule has 146 valence electrons. The van der Waals surface area contributed by atoms with Crippen LogP contribution in [0.25, 0.3) is 5.65 Å². The molecule has 0 atom stereocenters. The Morgan fingerprint density at radius 3 is 2.65 bits per heavy atom. The molecule has 1 amide bonds. The summed E-state index contributed by atoms with van der Waals surface area (Å²) < 4.78 is 13.5. The lowest BCUT2D eigenvalue weighted by Gasteiger charge is -2.07. The Balaban J connectivity index is 0.00000201. The minimum Gasteiger partial charge on any atom is -0.355 e. The molecule has 0 saturated carbocycles. The summed E-state index contributed by atoms with van der Waals surface area (Å²) in [5.74, 6) is -1.36. The standard InChI is InChI=1S/C15H19FN4O3.C2H6.CH4/c1-11-2-3-13-19-9-12(20(13)10-11)8-17-6-7-18-14(21)4-5-15(22)23-16;1-2;/h2-3,9-10,17H,4-8H2,1H3,(H,18,21);1-2H3;1H4. The van der Waals surface area contributed by atoms with E-state index in [-0.39, 0.29) is 26.2 Å². The molecule has 0 bridgehead atoms. The maximum atomic E-state index is 11.5. The molecule has 0 aliphatic rings. The molecule has 0 radical (unpaired) electrons. The number of nitrogens with zero attached hydrogens (tertiary/aromatic N) is 2. The summed E-state index contributed by atoms with van der Waals surface area (Å²) in [6.45, 7) is 7.62. The van der Waals surface area contributed by atoms with Gasteiger partial charge in [-0.15, -0.1) is 0 Å². The number of imidazole rings is 1. The van der Waals surface area contributed by atoms with Crippen LogP contribution in [0.4, 0.5) is 4.53 Å². The molecule has 0 aromatic carbocycles. The second kappa shape index (κ2) is 12.8. The molecule has 2 rings (SSSR count). The highest BCUT2D eigenvalue weighted by molar-refractivity contribution is 5.80. The number of hydrogen-bond donors (Lipinski definition) is 2. The van der Waals surface area contributed by atoms with E-state index in [0.29, 0.717) is 19.6 Å². The van der Waals surface area contributed by atoms with Crippen LogP contribution in [0.3, 0.4) is 0 Å². The molecule has 2 aromatic heterocycles. The molecular weight excluding hydrogens is 339 g/mol. The number of carbonyl (C=O) groups is 2. The Labute approximate surface area is 153 Å². The van der Waals surface area contributed by atoms with Crippen molar-refractivity contribution < 1.29 is 19.1 Å². The van der Waals surface area contributed by atoms with Crippen LogP contribution < -0.4 is 10.6 Å². The predicted molar refractivity (Wildman–Crippen MR) is 99.2 cm³/mol. The van der Waals surface area contributed by atoms with Crippen LogP contribution in [-0.2, 0) is 21.1 Å². The lowest BCUT2D eigenvalue weighted by Crippen LogP contribution is -2.32. The fourth-order valence-electron chi connectivity index (χ4n) is 2.12. The van der Waals surface area contributed by atoms with E-state index < -0.39 is 5.97 Å². The Bertz CT molecular complexity index is 688. The summed E-state index contributed by atoms with van der Waals surface area (Å²) in [6, 6.07) is 3.97. The van der Waals surface area contributed by atoms with E-state index >= 15 is 0 Å². The first-order valence-corrected chi connectivity index (χ1v) is 8.31. The third-order valence-electron chi connectivity index (χ3n) is 3.30. The average Bonchev–Trinajstić information content (AvgIpc) is 3.03. The van der Waals surface area contributed by atoms with Crippen molar-refractivity contribution in [2.24, 2.45) is 0 Å². The van der Waals surface area contributed by atoms with Gasteiger partial charge >= 0.3 is 5.97 Å². The summed E-state index contributed by atoms with van der Waals surface area (Å²) in [5.41, 5.74) is 3.07. The number of rotatable bonds is 8. The van der Waals surface area contributed by atoms with Gasteiger partial charge in [0.05, 0.1) is 18.3 Å². The van der Waals surface area contributed by atoms with Gasteiger partial charge in [-0.1, -0.05) is 27.3 Å². The molecule has 2 N–H and O–H groups in total. The third-order valence-corrected chi connectivity index (χ3v) is 3.30. The number of halogens is 1. The van der Waals surface area contributed by atoms with Crippen molar-refractivity contribution in [1.29, 1.82) is 0 Å². The molecule has 0 fully saturated rings. The highest BCUT2D eigenvalue weighted by atomic mass is 19.3. The maximum Gasteiger partial charge on any atom is 0.349 e. The van der Waals surface area contributed by atoms with Crippen molar-refractivity contribution in [1.82, 2.24) is 20.0 Å². The van der Waals surface area contributed by atoms with E-state index in [9.17, 15) is 14.1 Å². The SMILES string of the molecule is C.CC.Cc1ccc2ncc(CNCCNC(=O)CCC(=O)OF)n2c1. The summed E-state index contributed by atoms with van der Waals surface area (Å²) >= 11 is 0. The summed E-state index contributed by atoms with van der Waals surface area (Å²) in [4.78, 5) is 29.2. The van der Waals surface area contributed by atoms with Crippen LogP contribution in [0.2, 0.25) is 0 Å². The van der Waals surface area contributed by atoms with Crippen molar-refractivity contribution in [3.8, 4) is 0 Å². The van der Waals surface area contributed by atoms with Gasteiger partial charge in [0.15, 0.2) is 0 Å². The number of nitrogens with one attached hydrogen (secondary N) is 2. The lowest BCUT2D eigenvalue weighted by atomic mass is 10.3. The molecule has 2 heterocycles. The highest BCUT2D eigenvalue weighted by Gasteiger charge is 2.08. The van der Waals surface area contributed by atoms with E-state index in [1.165, 1.54) is 0 Å². The predicted octanol–water partition coefficient (Wildman–Crippen LogP) is 2.72. The van der Waals surface area contributed by atoms with Gasteiger partial charge < -0.3 is 15.0 Å². The van der Waals surface area contributed by atoms with Gasteiger partial charge in [0.2, 0.25) is 5.91 Å². The number of amides is 1. The van der Waals surface area contributed by atoms with E-state index in [2.05, 4.69) is 20.6 Å². The number of aromatic nitrogens is 2. The minimum absolute atomic E-state index is 0. The average molecular weight is 368 g/mol. The first-order chi connectivity index (χ1) is 12.1. The van der Waals surface area contributed by atoms with Gasteiger partial charge in [0.25, 0.3) is 0 Å². The Morgan fingerprint density at radius 1 is 1.23 bits per heavy atom. The zero-order valence-electron chi connectivity index (χ0n) is 14.8. The quantitative estimate of drug-likeness (QED) is 0.700. The van der Waals surface area contributed by atoms with E-state index in [0.717, 1.165) is 16.9 Å². The van der Waals surface area contributed by atoms with Gasteiger partial charge in [-0.05, 0) is 18.6 Å². The van der Waals surface area contributed by atoms with Crippen molar-refractivity contribution in [3.05, 3.63) is 35.8 Å². The number of hydrogen-bond acceptors (Lipinski definition) is 5. The normalized spacial score (nSPS) is 9.69. The summed E-state index contributed by atoms with van der Waals surface area (Å²) in [5, 5.41) is 5.84. The van der Waals surface area contributed by atoms with Crippen LogP contribution in [0.1, 0.15) is 45.4 Å². The largest absolute Gasteiger partial charge is 0.355 e. The summed E-state index contributed by atoms with van der Waals surface area (Å²) in [7, 11) is 0. The van der Waals surface area contributed by atoms with Crippen molar-refractivity contribution >= 4 is 17.5 Å². The second-order valence-corrected chi connectivity index (χ2v) is 5.16. The minimum atomic E-state index is -1.04. The van der Waals surface area contributed by atoms with Crippen LogP contribution in [0.15, 0.2) is 24.5 Å². The molecule has 2 aromatic rings. The first kappa shape index (κ1) is 23.5. The molecule has 0 saturated heterocycles. The van der Waals surface area contributed by atoms with Crippen molar-refractivity contribution in [2.75, 3.05) is 13.1 Å². The fourth-order valence-corrected chi connectivity index (χ4v) is 2.12. The Hall–Kier alpha value is -2.48. The van der Waals surface area contributed by atoms with Crippen LogP contribution in [0.5, 0.6) is 0 Å². The zero-order valence-corrected chi connectivity index (χ0v) is 14.8. The second-order valence-electron chi connectivity index (χ2n) is 5.16. The van der Waals surface area contributed by atoms with Crippen molar-refractivity contribution in [2.45, 2.75) is 47.6 Å². The molecule has 7 nitrogen and oxygen atoms in total. The lowest BCUT2D eigenvalue weighted by molar-refractivity contribution is -0.184. The van der Waals surface area contributed by atoms with E-state index in [1.807, 2.05) is 49.7 Å². The van der Waals surface area contributed by atoms with Crippen LogP contribution in [-0.4, -0.2) is 34.4 Å². The van der Waals surface area contributed by atoms with Gasteiger partial charge in [-0.2, -0.15) is 0 Å². The molecule has 26 heavy (non-hydrogen) atoms. The van der Waals surface area contributed by atoms with Crippen LogP contribution in [0, 0.1) is 6.92 Å². The van der Waals surface area contributed by atoms with Gasteiger partial charge in [0, 0.05) is 36.8 Å². The number of aryl methyl sites for hydroxylation is 1. The summed E-state index contributed by atoms with van der Waals surface area (Å²) in [6.07, 6.45) is 3.47. The number of carbonyl (C=O) groups excluding carboxylic acids is 2. The Morgan fingerprint density at radius 2 is 1.96 bits per heavy atom. The smallest absolute Gasteiger partial charge is 0.349 e. The van der Waals surface area contributed by atoms with Gasteiger partial charge in [-0.3, -0.25) is 9.74 Å². The Kier molecular flexibility index (Phi) is 11.6. The van der Waals surface area contributed by atoms with Crippen LogP contribution >= 0.6 is 0 Å². The number of pyridine rings is 1. The highest BCUT2D eigenvalue weighted by Crippen LogP contribution is 2.08. The molecule has 0 aliphatic carbocycles. The number of fused-ring (bicyclic) bond motifs is 1. The maximum absolute atomic E-state index is 11.5.